The van der Waals surface area contributed by atoms with Crippen molar-refractivity contribution in [3.8, 4) is 0 Å². The van der Waals surface area contributed by atoms with E-state index in [1.54, 1.807) is 0 Å². The molecule has 7 N–H and O–H groups in total. The highest BCUT2D eigenvalue weighted by atomic mass is 15.5. The van der Waals surface area contributed by atoms with Crippen molar-refractivity contribution in [2.75, 3.05) is 0 Å². The van der Waals surface area contributed by atoms with Gasteiger partial charge in [-0.2, -0.15) is 0 Å². The maximum absolute atomic E-state index is 5.28. The van der Waals surface area contributed by atoms with E-state index in [2.05, 4.69) is 90.4 Å². The largest absolute Gasteiger partial charge is 0.355 e. The van der Waals surface area contributed by atoms with E-state index in [1.807, 2.05) is 36.4 Å². The third-order valence-electron chi connectivity index (χ3n) is 5.82. The second-order valence-corrected chi connectivity index (χ2v) is 8.04. The highest BCUT2D eigenvalue weighted by Crippen LogP contribution is 2.21. The Morgan fingerprint density at radius 2 is 1.29 bits per heavy atom. The van der Waals surface area contributed by atoms with Crippen LogP contribution in [-0.4, -0.2) is 19.9 Å². The minimum absolute atomic E-state index is 0.729. The Balaban J connectivity index is 1.68. The number of aromatic nitrogens is 4. The summed E-state index contributed by atoms with van der Waals surface area (Å²) < 4.78 is 0. The lowest BCUT2D eigenvalue weighted by atomic mass is 10.0. The summed E-state index contributed by atoms with van der Waals surface area (Å²) in [6.45, 7) is 0. The molecule has 1 aromatic carbocycles. The zero-order valence-electron chi connectivity index (χ0n) is 18.1. The summed E-state index contributed by atoms with van der Waals surface area (Å²) in [7, 11) is 0. The standard InChI is InChI=1S/C26H22N8/c27-33-34-32-26-23-11-9-20(30-23)15-18-7-6-17(28-18)14-19-8-10-21(29-19)25(16-4-2-1-3-5-16)22-12-13-24(26)31-22/h1-15,28-31H,(H2,27,34)(H,32,33). The average molecular weight is 447 g/mol. The van der Waals surface area contributed by atoms with Gasteiger partial charge in [0.2, 0.25) is 0 Å². The van der Waals surface area contributed by atoms with E-state index < -0.39 is 0 Å². The molecule has 0 saturated heterocycles. The predicted molar refractivity (Wildman–Crippen MR) is 132 cm³/mol. The van der Waals surface area contributed by atoms with Crippen LogP contribution in [0.4, 0.5) is 0 Å². The molecule has 0 radical (unpaired) electrons. The number of fused-ring (bicyclic) bond motifs is 8. The van der Waals surface area contributed by atoms with Crippen LogP contribution < -0.4 is 32.7 Å². The van der Waals surface area contributed by atoms with Crippen molar-refractivity contribution in [3.05, 3.63) is 129 Å². The summed E-state index contributed by atoms with van der Waals surface area (Å²) in [4.78, 5) is 14.0. The van der Waals surface area contributed by atoms with Gasteiger partial charge in [-0.15, -0.1) is 0 Å². The number of hydrogen-bond donors (Lipinski definition) is 6. The average Bonchev–Trinajstić information content (AvgIpc) is 3.65. The molecule has 0 amide bonds. The molecule has 1 aliphatic heterocycles. The molecule has 0 unspecified atom stereocenters. The second-order valence-electron chi connectivity index (χ2n) is 8.04. The van der Waals surface area contributed by atoms with Crippen LogP contribution in [-0.2, 0) is 0 Å². The molecule has 0 aliphatic carbocycles. The molecular weight excluding hydrogens is 424 g/mol. The van der Waals surface area contributed by atoms with E-state index in [-0.39, 0.29) is 0 Å². The lowest BCUT2D eigenvalue weighted by molar-refractivity contribution is 0.829. The first-order chi connectivity index (χ1) is 16.8. The molecule has 8 nitrogen and oxygen atoms in total. The lowest BCUT2D eigenvalue weighted by Gasteiger charge is -2.07. The van der Waals surface area contributed by atoms with Crippen LogP contribution in [0.2, 0.25) is 0 Å². The van der Waals surface area contributed by atoms with Gasteiger partial charge in [0.05, 0.1) is 11.0 Å². The van der Waals surface area contributed by atoms with Crippen LogP contribution in [0, 0.1) is 0 Å². The Kier molecular flexibility index (Phi) is 4.73. The lowest BCUT2D eigenvalue weighted by Crippen LogP contribution is -2.21. The summed E-state index contributed by atoms with van der Waals surface area (Å²) >= 11 is 0. The van der Waals surface area contributed by atoms with Gasteiger partial charge in [0.1, 0.15) is 5.70 Å². The van der Waals surface area contributed by atoms with Gasteiger partial charge in [0, 0.05) is 38.7 Å². The Labute approximate surface area is 193 Å². The Morgan fingerprint density at radius 3 is 2.03 bits per heavy atom. The van der Waals surface area contributed by atoms with Gasteiger partial charge in [0.15, 0.2) is 0 Å². The quantitative estimate of drug-likeness (QED) is 0.142. The molecule has 1 aliphatic rings. The van der Waals surface area contributed by atoms with Crippen molar-refractivity contribution in [3.63, 3.8) is 0 Å². The van der Waals surface area contributed by atoms with Crippen LogP contribution in [0.5, 0.6) is 0 Å². The van der Waals surface area contributed by atoms with Crippen molar-refractivity contribution in [1.82, 2.24) is 25.4 Å². The number of nitrogens with zero attached hydrogens (tertiary/aromatic N) is 2. The van der Waals surface area contributed by atoms with Crippen LogP contribution in [0.3, 0.4) is 0 Å². The van der Waals surface area contributed by atoms with Gasteiger partial charge in [-0.3, -0.25) is 5.43 Å². The Hall–Kier alpha value is -4.98. The molecule has 8 bridgehead atoms. The molecule has 0 spiro atoms. The third-order valence-corrected chi connectivity index (χ3v) is 5.82. The number of H-pyrrole nitrogens is 4. The summed E-state index contributed by atoms with van der Waals surface area (Å²) in [5, 5.41) is 11.0. The number of nitrogens with one attached hydrogen (secondary N) is 5. The third kappa shape index (κ3) is 3.63. The number of benzene rings is 1. The zero-order valence-corrected chi connectivity index (χ0v) is 18.1. The van der Waals surface area contributed by atoms with Crippen LogP contribution in [0.1, 0.15) is 28.3 Å². The van der Waals surface area contributed by atoms with E-state index in [9.17, 15) is 0 Å². The highest BCUT2D eigenvalue weighted by molar-refractivity contribution is 5.78. The van der Waals surface area contributed by atoms with Gasteiger partial charge in [-0.25, -0.2) is 0 Å². The highest BCUT2D eigenvalue weighted by Gasteiger charge is 2.13. The monoisotopic (exact) mass is 446 g/mol. The van der Waals surface area contributed by atoms with E-state index in [1.165, 1.54) is 0 Å². The molecule has 4 aromatic heterocycles. The summed E-state index contributed by atoms with van der Waals surface area (Å²) in [6.07, 6.45) is 4.15. The maximum atomic E-state index is 5.28. The summed E-state index contributed by atoms with van der Waals surface area (Å²) in [6, 6.07) is 26.7. The van der Waals surface area contributed by atoms with Gasteiger partial charge in [-0.05, 0) is 66.2 Å². The van der Waals surface area contributed by atoms with Gasteiger partial charge in [-0.1, -0.05) is 40.8 Å². The minimum Gasteiger partial charge on any atom is -0.355 e. The first-order valence-corrected chi connectivity index (χ1v) is 10.9. The SMILES string of the molecule is NN=NNC1=c2ccc([nH]2)=Cc2ccc([nH]2)C=c2ccc([nH]2)=C(c2ccccc2)c2ccc1[nH]2. The Bertz CT molecular complexity index is 1740. The van der Waals surface area contributed by atoms with Crippen molar-refractivity contribution in [2.24, 2.45) is 16.3 Å². The first-order valence-electron chi connectivity index (χ1n) is 10.9. The molecule has 5 aromatic rings. The summed E-state index contributed by atoms with van der Waals surface area (Å²) in [5.74, 6) is 5.28. The number of nitrogens with two attached hydrogens (primary N) is 1. The van der Waals surface area contributed by atoms with Crippen LogP contribution in [0.25, 0.3) is 23.4 Å². The molecule has 5 heterocycles. The fourth-order valence-electron chi connectivity index (χ4n) is 4.31. The molecular formula is C26H22N8. The fourth-order valence-corrected chi connectivity index (χ4v) is 4.31. The predicted octanol–water partition coefficient (Wildman–Crippen LogP) is 1.20. The number of aromatic amines is 4. The normalized spacial score (nSPS) is 13.1. The fraction of sp³-hybridized carbons (Fsp3) is 0. The molecule has 8 heteroatoms. The zero-order chi connectivity index (χ0) is 22.9. The molecule has 0 saturated carbocycles. The van der Waals surface area contributed by atoms with Gasteiger partial charge >= 0.3 is 0 Å². The van der Waals surface area contributed by atoms with Gasteiger partial charge in [0.25, 0.3) is 0 Å². The minimum atomic E-state index is 0.729. The number of rotatable bonds is 3. The topological polar surface area (TPSA) is 126 Å². The second kappa shape index (κ2) is 8.18. The smallest absolute Gasteiger partial charge is 0.105 e. The first kappa shape index (κ1) is 19.7. The number of hydrogen-bond acceptors (Lipinski definition) is 2. The van der Waals surface area contributed by atoms with Crippen molar-refractivity contribution >= 4 is 23.4 Å². The molecule has 166 valence electrons. The molecule has 0 fully saturated rings. The van der Waals surface area contributed by atoms with Crippen LogP contribution >= 0.6 is 0 Å². The van der Waals surface area contributed by atoms with Crippen molar-refractivity contribution in [2.45, 2.75) is 0 Å². The van der Waals surface area contributed by atoms with Crippen LogP contribution in [0.15, 0.2) is 89.3 Å². The molecule has 34 heavy (non-hydrogen) atoms. The Morgan fingerprint density at radius 1 is 0.618 bits per heavy atom. The summed E-state index contributed by atoms with van der Waals surface area (Å²) in [5.41, 5.74) is 9.67. The van der Waals surface area contributed by atoms with E-state index in [4.69, 9.17) is 5.84 Å². The molecule has 6 rings (SSSR count). The van der Waals surface area contributed by atoms with Crippen molar-refractivity contribution < 1.29 is 0 Å². The molecule has 0 atom stereocenters. The van der Waals surface area contributed by atoms with Gasteiger partial charge < -0.3 is 25.8 Å². The maximum Gasteiger partial charge on any atom is 0.105 e. The van der Waals surface area contributed by atoms with E-state index >= 15 is 0 Å². The van der Waals surface area contributed by atoms with E-state index in [0.717, 1.165) is 61.0 Å². The van der Waals surface area contributed by atoms with Crippen molar-refractivity contribution in [1.29, 1.82) is 0 Å². The van der Waals surface area contributed by atoms with E-state index in [0.29, 0.717) is 0 Å².